The lowest BCUT2D eigenvalue weighted by molar-refractivity contribution is -0.120. The van der Waals surface area contributed by atoms with Crippen molar-refractivity contribution in [2.24, 2.45) is 11.8 Å². The highest BCUT2D eigenvalue weighted by molar-refractivity contribution is 7.89. The molecule has 0 aromatic carbocycles. The van der Waals surface area contributed by atoms with Crippen molar-refractivity contribution >= 4 is 28.3 Å². The van der Waals surface area contributed by atoms with Crippen LogP contribution in [0, 0.1) is 11.8 Å². The van der Waals surface area contributed by atoms with Gasteiger partial charge in [-0.1, -0.05) is 6.42 Å². The molecule has 2 rings (SSSR count). The number of carbonyl (C=O) groups excluding carboxylic acids is 1. The topological polar surface area (TPSA) is 87.3 Å². The van der Waals surface area contributed by atoms with Gasteiger partial charge in [-0.2, -0.15) is 0 Å². The first-order valence-electron chi connectivity index (χ1n) is 7.50. The number of hydrogen-bond acceptors (Lipinski definition) is 4. The molecule has 6 nitrogen and oxygen atoms in total. The highest BCUT2D eigenvalue weighted by Gasteiger charge is 2.21. The van der Waals surface area contributed by atoms with Gasteiger partial charge in [0, 0.05) is 13.1 Å². The molecule has 3 N–H and O–H groups in total. The Balaban J connectivity index is 0.00000220. The van der Waals surface area contributed by atoms with Crippen LogP contribution in [0.25, 0.3) is 0 Å². The summed E-state index contributed by atoms with van der Waals surface area (Å²) in [6.07, 6.45) is 5.94. The van der Waals surface area contributed by atoms with Crippen molar-refractivity contribution in [3.05, 3.63) is 0 Å². The Morgan fingerprint density at radius 3 is 2.29 bits per heavy atom. The van der Waals surface area contributed by atoms with E-state index >= 15 is 0 Å². The summed E-state index contributed by atoms with van der Waals surface area (Å²) >= 11 is 0. The number of halogens is 1. The molecule has 2 fully saturated rings. The number of hydrogen-bond donors (Lipinski definition) is 3. The maximum absolute atomic E-state index is 11.7. The molecule has 0 aromatic rings. The SMILES string of the molecule is Cl.O=C(CNCC1CC1)NCCS(=O)(=O)NCC1CCC1. The van der Waals surface area contributed by atoms with Crippen LogP contribution in [-0.4, -0.2) is 46.3 Å². The van der Waals surface area contributed by atoms with Crippen LogP contribution in [-0.2, 0) is 14.8 Å². The quantitative estimate of drug-likeness (QED) is 0.532. The van der Waals surface area contributed by atoms with E-state index in [0.717, 1.165) is 25.3 Å². The molecule has 2 aliphatic carbocycles. The van der Waals surface area contributed by atoms with Crippen molar-refractivity contribution in [3.8, 4) is 0 Å². The number of sulfonamides is 1. The third kappa shape index (κ3) is 7.99. The van der Waals surface area contributed by atoms with Gasteiger partial charge in [0.05, 0.1) is 12.3 Å². The van der Waals surface area contributed by atoms with E-state index in [0.29, 0.717) is 12.5 Å². The molecule has 0 spiro atoms. The highest BCUT2D eigenvalue weighted by atomic mass is 35.5. The van der Waals surface area contributed by atoms with Gasteiger partial charge in [-0.05, 0) is 44.1 Å². The van der Waals surface area contributed by atoms with E-state index in [1.54, 1.807) is 0 Å². The van der Waals surface area contributed by atoms with Crippen LogP contribution in [0.5, 0.6) is 0 Å². The minimum absolute atomic E-state index is 0. The molecule has 0 aromatic heterocycles. The average Bonchev–Trinajstić information content (AvgIpc) is 3.10. The molecule has 2 aliphatic rings. The minimum atomic E-state index is -3.26. The predicted octanol–water partition coefficient (Wildman–Crippen LogP) is 0.244. The Hall–Kier alpha value is -0.370. The van der Waals surface area contributed by atoms with Crippen LogP contribution in [0.15, 0.2) is 0 Å². The van der Waals surface area contributed by atoms with Gasteiger partial charge < -0.3 is 10.6 Å². The second-order valence-electron chi connectivity index (χ2n) is 5.89. The standard InChI is InChI=1S/C13H25N3O3S.ClH/c17-13(10-14-8-12-4-5-12)15-6-7-20(18,19)16-9-11-2-1-3-11;/h11-12,14,16H,1-10H2,(H,15,17);1H. The van der Waals surface area contributed by atoms with Crippen LogP contribution >= 0.6 is 12.4 Å². The molecule has 0 aliphatic heterocycles. The van der Waals surface area contributed by atoms with Gasteiger partial charge in [-0.15, -0.1) is 12.4 Å². The van der Waals surface area contributed by atoms with Gasteiger partial charge in [0.25, 0.3) is 0 Å². The second-order valence-corrected chi connectivity index (χ2v) is 7.81. The zero-order valence-corrected chi connectivity index (χ0v) is 13.9. The molecular formula is C13H26ClN3O3S. The molecule has 0 saturated heterocycles. The Morgan fingerprint density at radius 2 is 1.71 bits per heavy atom. The van der Waals surface area contributed by atoms with Crippen LogP contribution in [0.1, 0.15) is 32.1 Å². The molecule has 0 unspecified atom stereocenters. The smallest absolute Gasteiger partial charge is 0.233 e. The number of amides is 1. The van der Waals surface area contributed by atoms with Crippen LogP contribution in [0.4, 0.5) is 0 Å². The first-order valence-corrected chi connectivity index (χ1v) is 9.15. The van der Waals surface area contributed by atoms with Crippen molar-refractivity contribution in [3.63, 3.8) is 0 Å². The molecule has 2 saturated carbocycles. The van der Waals surface area contributed by atoms with Crippen LogP contribution in [0.2, 0.25) is 0 Å². The van der Waals surface area contributed by atoms with Crippen molar-refractivity contribution in [1.29, 1.82) is 0 Å². The van der Waals surface area contributed by atoms with Crippen LogP contribution in [0.3, 0.4) is 0 Å². The highest BCUT2D eigenvalue weighted by Crippen LogP contribution is 2.27. The Labute approximate surface area is 133 Å². The maximum atomic E-state index is 11.7. The van der Waals surface area contributed by atoms with Gasteiger partial charge in [0.15, 0.2) is 0 Å². The van der Waals surface area contributed by atoms with E-state index in [2.05, 4.69) is 15.4 Å². The summed E-state index contributed by atoms with van der Waals surface area (Å²) in [7, 11) is -3.26. The Morgan fingerprint density at radius 1 is 1.05 bits per heavy atom. The molecule has 0 bridgehead atoms. The van der Waals surface area contributed by atoms with Gasteiger partial charge in [-0.25, -0.2) is 13.1 Å². The van der Waals surface area contributed by atoms with Crippen molar-refractivity contribution < 1.29 is 13.2 Å². The molecule has 0 atom stereocenters. The van der Waals surface area contributed by atoms with E-state index in [1.807, 2.05) is 0 Å². The lowest BCUT2D eigenvalue weighted by Crippen LogP contribution is -2.40. The summed E-state index contributed by atoms with van der Waals surface area (Å²) in [5, 5.41) is 5.70. The Kier molecular flexibility index (Phi) is 7.94. The summed E-state index contributed by atoms with van der Waals surface area (Å²) in [5.74, 6) is 1.05. The van der Waals surface area contributed by atoms with Gasteiger partial charge in [-0.3, -0.25) is 4.79 Å². The van der Waals surface area contributed by atoms with E-state index < -0.39 is 10.0 Å². The zero-order valence-electron chi connectivity index (χ0n) is 12.3. The van der Waals surface area contributed by atoms with Crippen molar-refractivity contribution in [1.82, 2.24) is 15.4 Å². The van der Waals surface area contributed by atoms with Crippen molar-refractivity contribution in [2.75, 3.05) is 31.9 Å². The number of nitrogens with one attached hydrogen (secondary N) is 3. The van der Waals surface area contributed by atoms with Crippen LogP contribution < -0.4 is 15.4 Å². The fraction of sp³-hybridized carbons (Fsp3) is 0.923. The average molecular weight is 340 g/mol. The normalized spacial score (nSPS) is 18.7. The molecule has 8 heteroatoms. The number of carbonyl (C=O) groups is 1. The molecular weight excluding hydrogens is 314 g/mol. The lowest BCUT2D eigenvalue weighted by Gasteiger charge is -2.25. The van der Waals surface area contributed by atoms with Gasteiger partial charge in [0.2, 0.25) is 15.9 Å². The van der Waals surface area contributed by atoms with E-state index in [9.17, 15) is 13.2 Å². The van der Waals surface area contributed by atoms with Crippen molar-refractivity contribution in [2.45, 2.75) is 32.1 Å². The van der Waals surface area contributed by atoms with Gasteiger partial charge in [0.1, 0.15) is 0 Å². The maximum Gasteiger partial charge on any atom is 0.233 e. The molecule has 124 valence electrons. The summed E-state index contributed by atoms with van der Waals surface area (Å²) < 4.78 is 26.0. The molecule has 0 radical (unpaired) electrons. The van der Waals surface area contributed by atoms with E-state index in [4.69, 9.17) is 0 Å². The Bertz CT molecular complexity index is 422. The lowest BCUT2D eigenvalue weighted by atomic mass is 9.86. The number of rotatable bonds is 10. The fourth-order valence-corrected chi connectivity index (χ4v) is 3.12. The molecule has 1 amide bonds. The third-order valence-corrected chi connectivity index (χ3v) is 5.27. The fourth-order valence-electron chi connectivity index (χ4n) is 2.11. The summed E-state index contributed by atoms with van der Waals surface area (Å²) in [5.41, 5.74) is 0. The third-order valence-electron chi connectivity index (χ3n) is 3.93. The minimum Gasteiger partial charge on any atom is -0.354 e. The van der Waals surface area contributed by atoms with E-state index in [-0.39, 0.29) is 37.2 Å². The molecule has 21 heavy (non-hydrogen) atoms. The second kappa shape index (κ2) is 8.92. The summed E-state index contributed by atoms with van der Waals surface area (Å²) in [4.78, 5) is 11.5. The first kappa shape index (κ1) is 18.7. The summed E-state index contributed by atoms with van der Waals surface area (Å²) in [6, 6.07) is 0. The zero-order chi connectivity index (χ0) is 14.4. The first-order chi connectivity index (χ1) is 9.55. The summed E-state index contributed by atoms with van der Waals surface area (Å²) in [6.45, 7) is 1.86. The monoisotopic (exact) mass is 339 g/mol. The largest absolute Gasteiger partial charge is 0.354 e. The van der Waals surface area contributed by atoms with E-state index in [1.165, 1.54) is 19.3 Å². The predicted molar refractivity (Wildman–Crippen MR) is 85.0 cm³/mol. The van der Waals surface area contributed by atoms with Gasteiger partial charge >= 0.3 is 0 Å². The molecule has 0 heterocycles.